The SMILES string of the molecule is CC(C)(C)c1ccccc1OC[C@H]1CCCN1.[HH]. The quantitative estimate of drug-likeness (QED) is 0.867. The van der Waals surface area contributed by atoms with Crippen molar-refractivity contribution >= 4 is 0 Å². The van der Waals surface area contributed by atoms with Crippen LogP contribution in [0.2, 0.25) is 0 Å². The molecule has 0 bridgehead atoms. The fraction of sp³-hybridized carbons (Fsp3) is 0.600. The van der Waals surface area contributed by atoms with E-state index in [2.05, 4.69) is 44.3 Å². The summed E-state index contributed by atoms with van der Waals surface area (Å²) >= 11 is 0. The third-order valence-electron chi connectivity index (χ3n) is 3.30. The molecule has 0 aromatic heterocycles. The van der Waals surface area contributed by atoms with Crippen LogP contribution in [0.1, 0.15) is 40.6 Å². The van der Waals surface area contributed by atoms with E-state index in [9.17, 15) is 0 Å². The van der Waals surface area contributed by atoms with Gasteiger partial charge in [0, 0.05) is 7.47 Å². The van der Waals surface area contributed by atoms with Crippen LogP contribution < -0.4 is 10.1 Å². The molecule has 0 spiro atoms. The van der Waals surface area contributed by atoms with Gasteiger partial charge >= 0.3 is 0 Å². The highest BCUT2D eigenvalue weighted by molar-refractivity contribution is 5.38. The monoisotopic (exact) mass is 235 g/mol. The Morgan fingerprint density at radius 3 is 2.76 bits per heavy atom. The summed E-state index contributed by atoms with van der Waals surface area (Å²) in [5.74, 6) is 1.04. The molecule has 0 aliphatic carbocycles. The van der Waals surface area contributed by atoms with E-state index < -0.39 is 0 Å². The predicted molar refractivity (Wildman–Crippen MR) is 73.8 cm³/mol. The minimum atomic E-state index is 0. The van der Waals surface area contributed by atoms with E-state index in [1.54, 1.807) is 0 Å². The third-order valence-corrected chi connectivity index (χ3v) is 3.30. The molecule has 0 unspecified atom stereocenters. The molecule has 2 rings (SSSR count). The Bertz CT molecular complexity index is 367. The van der Waals surface area contributed by atoms with E-state index in [0.717, 1.165) is 18.9 Å². The maximum absolute atomic E-state index is 5.99. The number of nitrogens with one attached hydrogen (secondary N) is 1. The molecule has 1 saturated heterocycles. The summed E-state index contributed by atoms with van der Waals surface area (Å²) in [4.78, 5) is 0. The fourth-order valence-electron chi connectivity index (χ4n) is 2.30. The molecule has 1 aliphatic rings. The van der Waals surface area contributed by atoms with Crippen LogP contribution in [-0.4, -0.2) is 19.2 Å². The first-order valence-electron chi connectivity index (χ1n) is 6.53. The Labute approximate surface area is 106 Å². The van der Waals surface area contributed by atoms with Crippen molar-refractivity contribution in [2.75, 3.05) is 13.2 Å². The van der Waals surface area contributed by atoms with Gasteiger partial charge in [-0.15, -0.1) is 0 Å². The molecule has 2 heteroatoms. The van der Waals surface area contributed by atoms with E-state index in [1.807, 2.05) is 6.07 Å². The third kappa shape index (κ3) is 3.22. The van der Waals surface area contributed by atoms with Gasteiger partial charge in [-0.25, -0.2) is 0 Å². The first-order chi connectivity index (χ1) is 8.07. The fourth-order valence-corrected chi connectivity index (χ4v) is 2.30. The molecule has 0 saturated carbocycles. The molecule has 17 heavy (non-hydrogen) atoms. The Kier molecular flexibility index (Phi) is 3.72. The van der Waals surface area contributed by atoms with Crippen LogP contribution >= 0.6 is 0 Å². The van der Waals surface area contributed by atoms with Crippen molar-refractivity contribution in [2.24, 2.45) is 0 Å². The second kappa shape index (κ2) is 5.09. The lowest BCUT2D eigenvalue weighted by atomic mass is 9.86. The van der Waals surface area contributed by atoms with E-state index >= 15 is 0 Å². The van der Waals surface area contributed by atoms with Crippen LogP contribution in [-0.2, 0) is 5.41 Å². The molecule has 1 heterocycles. The van der Waals surface area contributed by atoms with Crippen molar-refractivity contribution in [1.29, 1.82) is 0 Å². The van der Waals surface area contributed by atoms with Gasteiger partial charge in [-0.2, -0.15) is 0 Å². The van der Waals surface area contributed by atoms with E-state index in [1.165, 1.54) is 18.4 Å². The maximum atomic E-state index is 5.99. The van der Waals surface area contributed by atoms with Gasteiger partial charge in [0.2, 0.25) is 0 Å². The first-order valence-corrected chi connectivity index (χ1v) is 6.53. The number of hydrogen-bond acceptors (Lipinski definition) is 2. The predicted octanol–water partition coefficient (Wildman–Crippen LogP) is 3.36. The van der Waals surface area contributed by atoms with Gasteiger partial charge in [-0.3, -0.25) is 0 Å². The lowest BCUT2D eigenvalue weighted by Gasteiger charge is -2.23. The minimum absolute atomic E-state index is 0. The van der Waals surface area contributed by atoms with Gasteiger partial charge in [0.15, 0.2) is 0 Å². The van der Waals surface area contributed by atoms with Crippen LogP contribution in [0.15, 0.2) is 24.3 Å². The maximum Gasteiger partial charge on any atom is 0.123 e. The molecular formula is C15H25NO. The molecule has 1 fully saturated rings. The van der Waals surface area contributed by atoms with Gasteiger partial charge < -0.3 is 10.1 Å². The standard InChI is InChI=1S/C15H23NO.H2/c1-15(2,3)13-8-4-5-9-14(13)17-11-12-7-6-10-16-12;/h4-5,8-9,12,16H,6-7,10-11H2,1-3H3;1H/t12-;/m1./s1. The van der Waals surface area contributed by atoms with Crippen molar-refractivity contribution < 1.29 is 6.16 Å². The van der Waals surface area contributed by atoms with E-state index in [0.29, 0.717) is 6.04 Å². The lowest BCUT2D eigenvalue weighted by Crippen LogP contribution is -2.28. The molecule has 2 nitrogen and oxygen atoms in total. The van der Waals surface area contributed by atoms with Gasteiger partial charge in [-0.1, -0.05) is 39.0 Å². The zero-order valence-corrected chi connectivity index (χ0v) is 11.1. The molecule has 0 radical (unpaired) electrons. The van der Waals surface area contributed by atoms with Crippen LogP contribution in [0.3, 0.4) is 0 Å². The molecule has 1 aliphatic heterocycles. The Balaban J connectivity index is 0.00000162. The highest BCUT2D eigenvalue weighted by Gasteiger charge is 2.20. The van der Waals surface area contributed by atoms with Gasteiger partial charge in [0.05, 0.1) is 0 Å². The van der Waals surface area contributed by atoms with Crippen molar-refractivity contribution in [3.63, 3.8) is 0 Å². The largest absolute Gasteiger partial charge is 0.492 e. The van der Waals surface area contributed by atoms with Crippen molar-refractivity contribution in [3.8, 4) is 5.75 Å². The summed E-state index contributed by atoms with van der Waals surface area (Å²) in [7, 11) is 0. The lowest BCUT2D eigenvalue weighted by molar-refractivity contribution is 0.271. The molecule has 1 atom stereocenters. The second-order valence-electron chi connectivity index (χ2n) is 5.85. The highest BCUT2D eigenvalue weighted by atomic mass is 16.5. The minimum Gasteiger partial charge on any atom is -0.492 e. The number of para-hydroxylation sites is 1. The summed E-state index contributed by atoms with van der Waals surface area (Å²) in [5.41, 5.74) is 1.43. The van der Waals surface area contributed by atoms with Crippen molar-refractivity contribution in [2.45, 2.75) is 45.1 Å². The van der Waals surface area contributed by atoms with E-state index in [4.69, 9.17) is 4.74 Å². The van der Waals surface area contributed by atoms with Crippen molar-refractivity contribution in [3.05, 3.63) is 29.8 Å². The van der Waals surface area contributed by atoms with E-state index in [-0.39, 0.29) is 6.84 Å². The van der Waals surface area contributed by atoms with Crippen LogP contribution in [0.5, 0.6) is 5.75 Å². The number of rotatable bonds is 3. The average Bonchev–Trinajstić information content (AvgIpc) is 2.78. The van der Waals surface area contributed by atoms with Gasteiger partial charge in [0.25, 0.3) is 0 Å². The molecule has 0 amide bonds. The zero-order valence-electron chi connectivity index (χ0n) is 11.1. The Morgan fingerprint density at radius 2 is 2.12 bits per heavy atom. The molecular weight excluding hydrogens is 210 g/mol. The van der Waals surface area contributed by atoms with Crippen LogP contribution in [0.25, 0.3) is 0 Å². The highest BCUT2D eigenvalue weighted by Crippen LogP contribution is 2.31. The molecule has 96 valence electrons. The number of ether oxygens (including phenoxy) is 1. The van der Waals surface area contributed by atoms with Crippen LogP contribution in [0.4, 0.5) is 0 Å². The Hall–Kier alpha value is -1.02. The van der Waals surface area contributed by atoms with Crippen LogP contribution in [0, 0.1) is 0 Å². The summed E-state index contributed by atoms with van der Waals surface area (Å²) in [6.07, 6.45) is 2.51. The first kappa shape index (κ1) is 12.4. The summed E-state index contributed by atoms with van der Waals surface area (Å²) in [6.45, 7) is 8.59. The second-order valence-corrected chi connectivity index (χ2v) is 5.85. The molecule has 1 N–H and O–H groups in total. The summed E-state index contributed by atoms with van der Waals surface area (Å²) in [6, 6.07) is 8.91. The smallest absolute Gasteiger partial charge is 0.123 e. The summed E-state index contributed by atoms with van der Waals surface area (Å²) < 4.78 is 5.99. The van der Waals surface area contributed by atoms with Gasteiger partial charge in [0.1, 0.15) is 12.4 Å². The number of hydrogen-bond donors (Lipinski definition) is 1. The molecule has 1 aromatic rings. The molecule has 1 aromatic carbocycles. The Morgan fingerprint density at radius 1 is 1.35 bits per heavy atom. The summed E-state index contributed by atoms with van der Waals surface area (Å²) in [5, 5.41) is 3.46. The van der Waals surface area contributed by atoms with Gasteiger partial charge in [-0.05, 0) is 36.4 Å². The van der Waals surface area contributed by atoms with Crippen molar-refractivity contribution in [1.82, 2.24) is 5.32 Å². The topological polar surface area (TPSA) is 21.3 Å². The zero-order chi connectivity index (χ0) is 12.3. The normalized spacial score (nSPS) is 20.5. The number of benzene rings is 1. The average molecular weight is 235 g/mol.